The van der Waals surface area contributed by atoms with Gasteiger partial charge in [0.25, 0.3) is 0 Å². The van der Waals surface area contributed by atoms with E-state index in [9.17, 15) is 24.6 Å². The Hall–Kier alpha value is -5.01. The molecular formula is C42H47BrN5O6+. The minimum absolute atomic E-state index is 0.0576. The average Bonchev–Trinajstić information content (AvgIpc) is 3.14. The maximum Gasteiger partial charge on any atom is 0.411 e. The number of quaternary nitrogens is 1. The average molecular weight is 798 g/mol. The van der Waals surface area contributed by atoms with E-state index in [0.29, 0.717) is 48.1 Å². The van der Waals surface area contributed by atoms with Crippen LogP contribution in [0.25, 0.3) is 22.0 Å². The van der Waals surface area contributed by atoms with Crippen molar-refractivity contribution in [1.29, 1.82) is 0 Å². The molecule has 6 N–H and O–H groups in total. The molecule has 0 saturated carbocycles. The second-order valence-corrected chi connectivity index (χ2v) is 15.4. The molecule has 1 saturated heterocycles. The fourth-order valence-corrected chi connectivity index (χ4v) is 7.35. The summed E-state index contributed by atoms with van der Waals surface area (Å²) in [7, 11) is 4.39. The Morgan fingerprint density at radius 1 is 0.926 bits per heavy atom. The number of aliphatic hydroxyl groups is 1. The van der Waals surface area contributed by atoms with Crippen LogP contribution in [0.15, 0.2) is 100 Å². The van der Waals surface area contributed by atoms with Crippen LogP contribution in [-0.2, 0) is 22.5 Å². The zero-order valence-electron chi connectivity index (χ0n) is 30.5. The first kappa shape index (κ1) is 38.7. The Labute approximate surface area is 323 Å². The number of fused-ring (bicyclic) bond motifs is 1. The number of phenolic OH excluding ortho intramolecular Hbond substituents is 1. The number of ether oxygens (including phenoxy) is 1. The molecule has 12 heteroatoms. The SMILES string of the molecule is C[N+]1(C)CCC(OC(=O)Nc2cc(CCCC(=O)Nc3ccc(CNC[C@H](O)c4ccc(O)c5[nH]c(=O)ccc45)cc3Br)ccc2-c2ccccc2)CC1. The minimum Gasteiger partial charge on any atom is -0.506 e. The molecular weight excluding hydrogens is 750 g/mol. The van der Waals surface area contributed by atoms with E-state index in [-0.39, 0.29) is 35.4 Å². The number of aliphatic hydroxyl groups excluding tert-OH is 1. The fourth-order valence-electron chi connectivity index (χ4n) is 6.82. The van der Waals surface area contributed by atoms with E-state index < -0.39 is 12.2 Å². The number of aryl methyl sites for hydroxylation is 1. The zero-order chi connectivity index (χ0) is 38.2. The Balaban J connectivity index is 0.996. The molecule has 0 unspecified atom stereocenters. The van der Waals surface area contributed by atoms with Crippen LogP contribution in [0.3, 0.4) is 0 Å². The van der Waals surface area contributed by atoms with Crippen LogP contribution in [0.5, 0.6) is 5.75 Å². The van der Waals surface area contributed by atoms with Gasteiger partial charge in [-0.15, -0.1) is 0 Å². The summed E-state index contributed by atoms with van der Waals surface area (Å²) < 4.78 is 7.49. The molecule has 6 rings (SSSR count). The Bertz CT molecular complexity index is 2160. The number of nitrogens with one attached hydrogen (secondary N) is 4. The van der Waals surface area contributed by atoms with Gasteiger partial charge in [-0.2, -0.15) is 0 Å². The van der Waals surface area contributed by atoms with E-state index >= 15 is 0 Å². The zero-order valence-corrected chi connectivity index (χ0v) is 32.1. The first-order valence-electron chi connectivity index (χ1n) is 18.2. The molecule has 0 aliphatic carbocycles. The summed E-state index contributed by atoms with van der Waals surface area (Å²) in [5, 5.41) is 30.8. The molecule has 5 aromatic rings. The number of carbonyl (C=O) groups excluding carboxylic acids is 2. The third-order valence-electron chi connectivity index (χ3n) is 9.90. The van der Waals surface area contributed by atoms with Gasteiger partial charge in [-0.25, -0.2) is 4.79 Å². The third kappa shape index (κ3) is 10.1. The lowest BCUT2D eigenvalue weighted by Gasteiger charge is -2.36. The van der Waals surface area contributed by atoms with Crippen molar-refractivity contribution >= 4 is 50.2 Å². The molecule has 282 valence electrons. The van der Waals surface area contributed by atoms with Gasteiger partial charge in [0, 0.05) is 53.8 Å². The summed E-state index contributed by atoms with van der Waals surface area (Å²) in [6.07, 6.45) is 1.83. The highest BCUT2D eigenvalue weighted by atomic mass is 79.9. The molecule has 1 aliphatic rings. The van der Waals surface area contributed by atoms with Crippen molar-refractivity contribution < 1.29 is 29.0 Å². The molecule has 4 aromatic carbocycles. The highest BCUT2D eigenvalue weighted by molar-refractivity contribution is 9.10. The number of rotatable bonds is 13. The van der Waals surface area contributed by atoms with Gasteiger partial charge >= 0.3 is 6.09 Å². The summed E-state index contributed by atoms with van der Waals surface area (Å²) in [6, 6.07) is 27.6. The van der Waals surface area contributed by atoms with Crippen molar-refractivity contribution in [3.8, 4) is 16.9 Å². The first-order chi connectivity index (χ1) is 25.9. The van der Waals surface area contributed by atoms with Crippen molar-refractivity contribution in [2.75, 3.05) is 44.4 Å². The summed E-state index contributed by atoms with van der Waals surface area (Å²) >= 11 is 3.58. The number of phenols is 1. The van der Waals surface area contributed by atoms with E-state index in [0.717, 1.165) is 57.1 Å². The van der Waals surface area contributed by atoms with Crippen LogP contribution in [-0.4, -0.2) is 71.5 Å². The van der Waals surface area contributed by atoms with Gasteiger partial charge in [0.05, 0.1) is 50.2 Å². The number of hydrogen-bond donors (Lipinski definition) is 6. The highest BCUT2D eigenvalue weighted by Crippen LogP contribution is 2.31. The maximum absolute atomic E-state index is 13.0. The van der Waals surface area contributed by atoms with Gasteiger partial charge < -0.3 is 35.1 Å². The Kier molecular flexibility index (Phi) is 12.5. The van der Waals surface area contributed by atoms with Crippen molar-refractivity contribution in [3.63, 3.8) is 0 Å². The predicted molar refractivity (Wildman–Crippen MR) is 215 cm³/mol. The molecule has 1 aliphatic heterocycles. The molecule has 1 atom stereocenters. The third-order valence-corrected chi connectivity index (χ3v) is 10.6. The summed E-state index contributed by atoms with van der Waals surface area (Å²) in [6.45, 7) is 2.64. The van der Waals surface area contributed by atoms with Gasteiger partial charge in [0.15, 0.2) is 0 Å². The number of anilines is 2. The quantitative estimate of drug-likeness (QED) is 0.0688. The normalized spacial score (nSPS) is 14.7. The molecule has 2 amide bonds. The molecule has 2 heterocycles. The van der Waals surface area contributed by atoms with Crippen molar-refractivity contribution in [1.82, 2.24) is 10.3 Å². The van der Waals surface area contributed by atoms with Crippen molar-refractivity contribution in [2.24, 2.45) is 0 Å². The second-order valence-electron chi connectivity index (χ2n) is 14.5. The molecule has 54 heavy (non-hydrogen) atoms. The second kappa shape index (κ2) is 17.4. The van der Waals surface area contributed by atoms with E-state index in [1.807, 2.05) is 66.7 Å². The van der Waals surface area contributed by atoms with Crippen LogP contribution in [0, 0.1) is 0 Å². The number of carbonyl (C=O) groups is 2. The summed E-state index contributed by atoms with van der Waals surface area (Å²) in [5.74, 6) is -0.165. The largest absolute Gasteiger partial charge is 0.506 e. The van der Waals surface area contributed by atoms with Crippen LogP contribution in [0.2, 0.25) is 0 Å². The van der Waals surface area contributed by atoms with Gasteiger partial charge in [-0.05, 0) is 81.4 Å². The van der Waals surface area contributed by atoms with E-state index in [4.69, 9.17) is 4.74 Å². The standard InChI is InChI=1S/C42H46BrN5O6/c1-48(2)21-19-30(20-22-48)54-42(53)46-36-24-27(11-13-31(36)29-8-4-3-5-9-29)7-6-10-39(51)45-35-16-12-28(23-34(35)43)25-44-26-38(50)32-14-17-37(49)41-33(32)15-18-40(52)47-41/h3-5,8-9,11-18,23-24,30,38,44,50H,6-7,10,19-22,25-26H2,1-2H3,(H3-,45,46,47,49,51,52,53)/p+1/t38-/m0/s1. The summed E-state index contributed by atoms with van der Waals surface area (Å²) in [5.41, 5.74) is 5.72. The molecule has 1 aromatic heterocycles. The number of piperidine rings is 1. The number of nitrogens with zero attached hydrogens (tertiary/aromatic N) is 1. The number of H-pyrrole nitrogens is 1. The number of aromatic amines is 1. The predicted octanol–water partition coefficient (Wildman–Crippen LogP) is 7.24. The van der Waals surface area contributed by atoms with Crippen LogP contribution in [0.1, 0.15) is 48.5 Å². The number of pyridine rings is 1. The fraction of sp³-hybridized carbons (Fsp3) is 0.310. The van der Waals surface area contributed by atoms with Crippen LogP contribution >= 0.6 is 15.9 Å². The van der Waals surface area contributed by atoms with Gasteiger partial charge in [-0.3, -0.25) is 14.9 Å². The van der Waals surface area contributed by atoms with Gasteiger partial charge in [0.2, 0.25) is 11.5 Å². The number of likely N-dealkylation sites (tertiary alicyclic amines) is 1. The molecule has 11 nitrogen and oxygen atoms in total. The lowest BCUT2D eigenvalue weighted by atomic mass is 9.99. The van der Waals surface area contributed by atoms with Crippen molar-refractivity contribution in [2.45, 2.75) is 50.9 Å². The van der Waals surface area contributed by atoms with E-state index in [2.05, 4.69) is 51.0 Å². The topological polar surface area (TPSA) is 153 Å². The number of aromatic hydroxyl groups is 1. The summed E-state index contributed by atoms with van der Waals surface area (Å²) in [4.78, 5) is 40.3. The van der Waals surface area contributed by atoms with E-state index in [1.54, 1.807) is 12.1 Å². The Morgan fingerprint density at radius 2 is 1.69 bits per heavy atom. The number of amides is 2. The lowest BCUT2D eigenvalue weighted by molar-refractivity contribution is -0.896. The highest BCUT2D eigenvalue weighted by Gasteiger charge is 2.28. The number of hydrogen-bond acceptors (Lipinski definition) is 7. The monoisotopic (exact) mass is 796 g/mol. The lowest BCUT2D eigenvalue weighted by Crippen LogP contribution is -2.48. The maximum atomic E-state index is 13.0. The molecule has 1 fully saturated rings. The molecule has 0 radical (unpaired) electrons. The number of halogens is 1. The van der Waals surface area contributed by atoms with E-state index in [1.165, 1.54) is 12.1 Å². The first-order valence-corrected chi connectivity index (χ1v) is 19.0. The van der Waals surface area contributed by atoms with Crippen LogP contribution in [0.4, 0.5) is 16.2 Å². The Morgan fingerprint density at radius 3 is 2.44 bits per heavy atom. The van der Waals surface area contributed by atoms with Crippen LogP contribution < -0.4 is 21.5 Å². The number of aromatic nitrogens is 1. The minimum atomic E-state index is -0.874. The molecule has 0 spiro atoms. The number of benzene rings is 4. The van der Waals surface area contributed by atoms with Gasteiger partial charge in [-0.1, -0.05) is 54.6 Å². The molecule has 0 bridgehead atoms. The van der Waals surface area contributed by atoms with Gasteiger partial charge in [0.1, 0.15) is 11.9 Å². The smallest absolute Gasteiger partial charge is 0.411 e. The van der Waals surface area contributed by atoms with Crippen molar-refractivity contribution in [3.05, 3.63) is 123 Å².